The van der Waals surface area contributed by atoms with Crippen LogP contribution in [0.1, 0.15) is 52.6 Å². The second-order valence-corrected chi connectivity index (χ2v) is 12.2. The number of morpholine rings is 1. The zero-order chi connectivity index (χ0) is 35.6. The van der Waals surface area contributed by atoms with Gasteiger partial charge in [-0.15, -0.1) is 5.10 Å². The van der Waals surface area contributed by atoms with E-state index in [1.807, 2.05) is 30.3 Å². The number of methoxy groups -OCH3 is 1. The fourth-order valence-electron chi connectivity index (χ4n) is 6.20. The predicted octanol–water partition coefficient (Wildman–Crippen LogP) is 3.09. The molecule has 3 aliphatic heterocycles. The molecule has 51 heavy (non-hydrogen) atoms. The number of amides is 3. The van der Waals surface area contributed by atoms with Crippen molar-refractivity contribution in [3.8, 4) is 17.2 Å². The number of benzene rings is 3. The van der Waals surface area contributed by atoms with Crippen LogP contribution in [0.5, 0.6) is 17.2 Å². The zero-order valence-corrected chi connectivity index (χ0v) is 28.4. The lowest BCUT2D eigenvalue weighted by Crippen LogP contribution is -2.41. The van der Waals surface area contributed by atoms with E-state index in [1.165, 1.54) is 23.9 Å². The number of ether oxygens (including phenoxy) is 3. The Morgan fingerprint density at radius 3 is 2.57 bits per heavy atom. The minimum Gasteiger partial charge on any atom is -0.493 e. The number of aromatic nitrogens is 4. The number of tetrazole rings is 1. The van der Waals surface area contributed by atoms with Gasteiger partial charge in [0.05, 0.1) is 26.4 Å². The van der Waals surface area contributed by atoms with E-state index in [0.29, 0.717) is 63.6 Å². The lowest BCUT2D eigenvalue weighted by molar-refractivity contribution is -0.132. The lowest BCUT2D eigenvalue weighted by atomic mass is 10.0. The van der Waals surface area contributed by atoms with E-state index in [-0.39, 0.29) is 72.6 Å². The standard InChI is InChI=1S/C36H41FN8O6/c1-49-31-22-26-13-14-30(31)51-29-11-5-10-28(37)27(29)23-39-32(46)12-6-16-43(17-7-15-38-36(26)48)33(47)24-45-35(40-41-42-45)34(25-8-3-2-4-9-25)44-18-20-50-21-19-44/h2-5,8-11,13-14,22,34H,6-7,12,15-21,23-24H2,1H3,(H,38,48)(H,39,46). The maximum Gasteiger partial charge on any atom is 0.251 e. The van der Waals surface area contributed by atoms with Crippen LogP contribution in [0.25, 0.3) is 0 Å². The van der Waals surface area contributed by atoms with Gasteiger partial charge in [0.15, 0.2) is 17.3 Å². The molecule has 1 unspecified atom stereocenters. The molecule has 4 heterocycles. The highest BCUT2D eigenvalue weighted by Crippen LogP contribution is 2.35. The van der Waals surface area contributed by atoms with E-state index in [1.54, 1.807) is 29.2 Å². The molecule has 0 radical (unpaired) electrons. The summed E-state index contributed by atoms with van der Waals surface area (Å²) in [7, 11) is 1.44. The summed E-state index contributed by atoms with van der Waals surface area (Å²) in [4.78, 5) is 43.8. The number of hydrogen-bond acceptors (Lipinski definition) is 10. The first-order valence-electron chi connectivity index (χ1n) is 17.0. The van der Waals surface area contributed by atoms with Crippen molar-refractivity contribution in [2.24, 2.45) is 0 Å². The van der Waals surface area contributed by atoms with Gasteiger partial charge in [-0.25, -0.2) is 9.07 Å². The van der Waals surface area contributed by atoms with Crippen LogP contribution in [-0.2, 0) is 27.4 Å². The van der Waals surface area contributed by atoms with Crippen LogP contribution in [0, 0.1) is 5.82 Å². The highest BCUT2D eigenvalue weighted by atomic mass is 19.1. The summed E-state index contributed by atoms with van der Waals surface area (Å²) >= 11 is 0. The minimum atomic E-state index is -0.546. The first-order valence-corrected chi connectivity index (χ1v) is 17.0. The molecule has 3 aromatic carbocycles. The summed E-state index contributed by atoms with van der Waals surface area (Å²) in [5.41, 5.74) is 1.50. The molecule has 0 spiro atoms. The Labute approximate surface area is 294 Å². The van der Waals surface area contributed by atoms with Gasteiger partial charge in [-0.1, -0.05) is 36.4 Å². The fourth-order valence-corrected chi connectivity index (χ4v) is 6.20. The van der Waals surface area contributed by atoms with Gasteiger partial charge in [-0.2, -0.15) is 0 Å². The van der Waals surface area contributed by atoms with Crippen LogP contribution in [0.4, 0.5) is 4.39 Å². The molecule has 2 N–H and O–H groups in total. The Kier molecular flexibility index (Phi) is 11.8. The molecule has 2 bridgehead atoms. The van der Waals surface area contributed by atoms with Crippen LogP contribution < -0.4 is 20.1 Å². The Balaban J connectivity index is 1.20. The second kappa shape index (κ2) is 17.0. The van der Waals surface area contributed by atoms with Crippen molar-refractivity contribution in [3.63, 3.8) is 0 Å². The summed E-state index contributed by atoms with van der Waals surface area (Å²) in [6.45, 7) is 3.18. The predicted molar refractivity (Wildman–Crippen MR) is 183 cm³/mol. The average Bonchev–Trinajstić information content (AvgIpc) is 3.60. The number of nitrogens with zero attached hydrogens (tertiary/aromatic N) is 6. The second-order valence-electron chi connectivity index (χ2n) is 12.2. The molecule has 14 nitrogen and oxygen atoms in total. The molecule has 0 aliphatic carbocycles. The molecule has 7 rings (SSSR count). The molecule has 0 saturated carbocycles. The maximum atomic E-state index is 15.0. The van der Waals surface area contributed by atoms with Crippen LogP contribution in [0.15, 0.2) is 66.7 Å². The molecule has 1 saturated heterocycles. The Bertz CT molecular complexity index is 1820. The van der Waals surface area contributed by atoms with Gasteiger partial charge < -0.3 is 29.7 Å². The summed E-state index contributed by atoms with van der Waals surface area (Å²) in [5.74, 6) is -0.109. The fraction of sp³-hybridized carbons (Fsp3) is 0.389. The van der Waals surface area contributed by atoms with E-state index in [9.17, 15) is 18.8 Å². The Morgan fingerprint density at radius 2 is 1.76 bits per heavy atom. The lowest BCUT2D eigenvalue weighted by Gasteiger charge is -2.34. The van der Waals surface area contributed by atoms with Crippen LogP contribution in [-0.4, -0.2) is 101 Å². The number of rotatable bonds is 6. The van der Waals surface area contributed by atoms with Crippen molar-refractivity contribution in [2.75, 3.05) is 53.0 Å². The summed E-state index contributed by atoms with van der Waals surface area (Å²) < 4.78 is 33.5. The summed E-state index contributed by atoms with van der Waals surface area (Å²) in [6.07, 6.45) is 0.914. The molecule has 268 valence electrons. The number of halogens is 1. The van der Waals surface area contributed by atoms with Crippen molar-refractivity contribution >= 4 is 17.7 Å². The van der Waals surface area contributed by atoms with E-state index < -0.39 is 5.82 Å². The average molecular weight is 701 g/mol. The van der Waals surface area contributed by atoms with Crippen molar-refractivity contribution in [1.29, 1.82) is 0 Å². The van der Waals surface area contributed by atoms with Crippen LogP contribution in [0.2, 0.25) is 0 Å². The Hall–Kier alpha value is -5.41. The molecule has 3 aliphatic rings. The van der Waals surface area contributed by atoms with Crippen molar-refractivity contribution in [1.82, 2.24) is 40.6 Å². The maximum absolute atomic E-state index is 15.0. The van der Waals surface area contributed by atoms with E-state index in [0.717, 1.165) is 5.56 Å². The van der Waals surface area contributed by atoms with Crippen LogP contribution >= 0.6 is 0 Å². The van der Waals surface area contributed by atoms with E-state index >= 15 is 0 Å². The van der Waals surface area contributed by atoms with Crippen molar-refractivity contribution in [2.45, 2.75) is 38.4 Å². The largest absolute Gasteiger partial charge is 0.493 e. The normalized spacial score (nSPS) is 17.2. The SMILES string of the molecule is COc1cc2ccc1Oc1cccc(F)c1CNC(=O)CCCN(C(=O)Cn1nnnc1C(c1ccccc1)N1CCOCC1)CCCNC2=O. The van der Waals surface area contributed by atoms with Crippen molar-refractivity contribution in [3.05, 3.63) is 95.1 Å². The van der Waals surface area contributed by atoms with Gasteiger partial charge in [0, 0.05) is 56.8 Å². The number of carbonyl (C=O) groups is 3. The van der Waals surface area contributed by atoms with Gasteiger partial charge in [0.2, 0.25) is 11.8 Å². The number of carbonyl (C=O) groups excluding carboxylic acids is 3. The van der Waals surface area contributed by atoms with Gasteiger partial charge in [-0.3, -0.25) is 19.3 Å². The Morgan fingerprint density at radius 1 is 0.961 bits per heavy atom. The molecule has 15 heteroatoms. The van der Waals surface area contributed by atoms with Gasteiger partial charge in [0.1, 0.15) is 18.1 Å². The molecule has 1 atom stereocenters. The third-order valence-corrected chi connectivity index (χ3v) is 8.87. The number of nitrogens with one attached hydrogen (secondary N) is 2. The van der Waals surface area contributed by atoms with Crippen molar-refractivity contribution < 1.29 is 33.0 Å². The number of hydrogen-bond donors (Lipinski definition) is 2. The zero-order valence-electron chi connectivity index (χ0n) is 28.4. The molecule has 1 fully saturated rings. The first kappa shape index (κ1) is 35.4. The molecule has 3 amide bonds. The monoisotopic (exact) mass is 700 g/mol. The smallest absolute Gasteiger partial charge is 0.251 e. The van der Waals surface area contributed by atoms with Gasteiger partial charge >= 0.3 is 0 Å². The molecule has 4 aromatic rings. The summed E-state index contributed by atoms with van der Waals surface area (Å²) in [5, 5.41) is 18.2. The third-order valence-electron chi connectivity index (χ3n) is 8.87. The van der Waals surface area contributed by atoms with Gasteiger partial charge in [0.25, 0.3) is 5.91 Å². The minimum absolute atomic E-state index is 0.101. The molecule has 1 aromatic heterocycles. The quantitative estimate of drug-likeness (QED) is 0.307. The molecular weight excluding hydrogens is 659 g/mol. The summed E-state index contributed by atoms with van der Waals surface area (Å²) in [6, 6.07) is 18.7. The highest BCUT2D eigenvalue weighted by molar-refractivity contribution is 5.94. The number of fused-ring (bicyclic) bond motifs is 13. The highest BCUT2D eigenvalue weighted by Gasteiger charge is 2.30. The van der Waals surface area contributed by atoms with E-state index in [4.69, 9.17) is 14.2 Å². The van der Waals surface area contributed by atoms with E-state index in [2.05, 4.69) is 31.1 Å². The topological polar surface area (TPSA) is 153 Å². The molecular formula is C36H41FN8O6. The van der Waals surface area contributed by atoms with Crippen LogP contribution in [0.3, 0.4) is 0 Å². The third kappa shape index (κ3) is 8.85. The first-order chi connectivity index (χ1) is 24.9. The van der Waals surface area contributed by atoms with Gasteiger partial charge in [-0.05, 0) is 59.2 Å².